The van der Waals surface area contributed by atoms with Crippen molar-refractivity contribution in [3.8, 4) is 28.7 Å². The van der Waals surface area contributed by atoms with Gasteiger partial charge in [-0.25, -0.2) is 0 Å². The van der Waals surface area contributed by atoms with Crippen molar-refractivity contribution in [3.63, 3.8) is 0 Å². The zero-order valence-electron chi connectivity index (χ0n) is 87.5. The Morgan fingerprint density at radius 2 is 0.736 bits per heavy atom. The van der Waals surface area contributed by atoms with Crippen molar-refractivity contribution in [2.75, 3.05) is 162 Å². The number of allylic oxidation sites excluding steroid dienone is 6. The molecule has 3 heterocycles. The highest BCUT2D eigenvalue weighted by molar-refractivity contribution is 9.09. The number of ether oxygens (including phenoxy) is 4. The number of alkyl halides is 1. The third-order valence-corrected chi connectivity index (χ3v) is 42.4. The lowest BCUT2D eigenvalue weighted by molar-refractivity contribution is 0.0232. The van der Waals surface area contributed by atoms with E-state index in [0.717, 1.165) is 231 Å². The zero-order valence-corrected chi connectivity index (χ0v) is 89.7. The maximum atomic E-state index is 9.88. The molecule has 23 rings (SSSR count). The van der Waals surface area contributed by atoms with Crippen molar-refractivity contribution in [2.45, 2.75) is 270 Å². The molecular weight excluding hydrogens is 1830 g/mol. The Morgan fingerprint density at radius 3 is 1.08 bits per heavy atom. The Morgan fingerprint density at radius 1 is 0.414 bits per heavy atom. The first kappa shape index (κ1) is 102. The number of halogens is 1. The summed E-state index contributed by atoms with van der Waals surface area (Å²) in [6.45, 7) is 32.8. The molecule has 0 amide bonds. The van der Waals surface area contributed by atoms with Crippen molar-refractivity contribution in [1.29, 1.82) is 1.34 Å². The smallest absolute Gasteiger partial charge is 0.227 e. The predicted octanol–water partition coefficient (Wildman–Crippen LogP) is 25.1. The molecule has 3 saturated heterocycles. The Hall–Kier alpha value is -5.32. The predicted molar refractivity (Wildman–Crippen MR) is 582 cm³/mol. The van der Waals surface area contributed by atoms with Crippen LogP contribution in [0.15, 0.2) is 149 Å². The molecule has 14 nitrogen and oxygen atoms in total. The van der Waals surface area contributed by atoms with Gasteiger partial charge in [-0.05, 0) is 478 Å². The lowest BCUT2D eigenvalue weighted by Gasteiger charge is -2.49. The number of aryl methyl sites for hydroxylation is 5. The summed E-state index contributed by atoms with van der Waals surface area (Å²) < 4.78 is 36.1. The minimum Gasteiger partial charge on any atom is -0.508 e. The molecule has 15 aliphatic carbocycles. The molecule has 18 heteroatoms. The lowest BCUT2D eigenvalue weighted by atomic mass is 9.55. The fraction of sp³-hybridized carbons (Fsp3) is 0.672. The number of hydrogen-bond donors (Lipinski definition) is 5. The Kier molecular flexibility index (Phi) is 33.9. The molecule has 1 radical (unpaired) electrons. The third kappa shape index (κ3) is 22.4. The number of likely N-dealkylation sites (tertiary alicyclic amines) is 1. The first-order chi connectivity index (χ1) is 68.6. The fourth-order valence-corrected chi connectivity index (χ4v) is 35.1. The van der Waals surface area contributed by atoms with E-state index in [-0.39, 0.29) is 0 Å². The van der Waals surface area contributed by atoms with Crippen LogP contribution in [0.1, 0.15) is 293 Å². The summed E-state index contributed by atoms with van der Waals surface area (Å²) in [4.78, 5) is 9.74. The molecule has 0 aromatic heterocycles. The van der Waals surface area contributed by atoms with E-state index in [1.807, 2.05) is 48.5 Å². The molecule has 0 bridgehead atoms. The fourth-order valence-electron chi connectivity index (χ4n) is 33.5. The first-order valence-corrected chi connectivity index (χ1v) is 59.1. The van der Waals surface area contributed by atoms with E-state index >= 15 is 0 Å². The summed E-state index contributed by atoms with van der Waals surface area (Å²) in [5.41, 5.74) is 25.3. The number of nitrogens with one attached hydrogen (secondary N) is 1. The Bertz CT molecular complexity index is 5070. The van der Waals surface area contributed by atoms with Gasteiger partial charge in [-0.2, -0.15) is 11.8 Å². The van der Waals surface area contributed by atoms with Crippen molar-refractivity contribution in [3.05, 3.63) is 205 Å². The number of nitrogens with zero attached hydrogens (tertiary/aromatic N) is 4. The molecule has 140 heavy (non-hydrogen) atoms. The molecule has 20 atom stereocenters. The molecule has 5 aromatic carbocycles. The van der Waals surface area contributed by atoms with Gasteiger partial charge in [0, 0.05) is 82.3 Å². The summed E-state index contributed by atoms with van der Waals surface area (Å²) >= 11 is 6.77. The number of piperazine rings is 1. The number of benzene rings is 5. The number of fused-ring (bicyclic) bond motifs is 25. The van der Waals surface area contributed by atoms with E-state index in [4.69, 9.17) is 24.5 Å². The lowest BCUT2D eigenvalue weighted by Crippen LogP contribution is -2.44. The zero-order chi connectivity index (χ0) is 97.4. The molecular formula is C122H172BBrN5O9S2. The highest BCUT2D eigenvalue weighted by atomic mass is 79.9. The van der Waals surface area contributed by atoms with Gasteiger partial charge >= 0.3 is 0 Å². The molecule has 18 aliphatic rings. The molecule has 20 unspecified atom stereocenters. The number of aromatic hydroxyl groups is 4. The van der Waals surface area contributed by atoms with Gasteiger partial charge in [0.25, 0.3) is 0 Å². The van der Waals surface area contributed by atoms with Crippen LogP contribution in [0.2, 0.25) is 0 Å². The van der Waals surface area contributed by atoms with Crippen LogP contribution < -0.4 is 9.50 Å². The molecule has 5 N–H and O–H groups in total. The minimum atomic E-state index is 0.364. The number of rotatable bonds is 24. The normalized spacial score (nSPS) is 35.2. The number of morpholine rings is 1. The Labute approximate surface area is 862 Å². The van der Waals surface area contributed by atoms with Crippen LogP contribution in [-0.2, 0) is 51.1 Å². The van der Waals surface area contributed by atoms with E-state index in [9.17, 15) is 20.4 Å². The van der Waals surface area contributed by atoms with Gasteiger partial charge in [-0.15, -0.1) is 0 Å². The summed E-state index contributed by atoms with van der Waals surface area (Å²) in [6.07, 6.45) is 53.5. The highest BCUT2D eigenvalue weighted by Gasteiger charge is 2.58. The quantitative estimate of drug-likeness (QED) is 0.0131. The van der Waals surface area contributed by atoms with E-state index in [1.54, 1.807) is 39.0 Å². The minimum absolute atomic E-state index is 0.364. The van der Waals surface area contributed by atoms with Crippen LogP contribution in [0.5, 0.6) is 28.7 Å². The topological polar surface area (TPSA) is 152 Å². The molecule has 3 aliphatic heterocycles. The standard InChI is InChI=1S/C26H38N2O2.C26H37NO3.C26H37NO2.C24H35NOS.C20H25BBrOS/c1-26-10-8-23-22-6-4-21(29)18-19(22)2-5-24(23)25(26)7-3-20(26)9-16-30-17-15-28-13-11-27-12-14-28;1-26-10-8-23-22-6-4-21(28)18-19(22)2-5-24(23)25(26)7-3-20(26)9-14-29-15-11-27-12-16-30-17-13-27;1-26-12-10-23-22-8-6-21(28)18-19(22)4-7-24(23)25(26)9-5-20(26)11-16-29-17-15-27-13-2-3-14-27;1-24-12-10-21-20-8-6-19(26)16-17(20)4-7-22(21)23(24)9-5-18(24)11-14-27-15-13-25(2)3;1-20-10-8-17-16-6-4-15(23-24-21)12-13(16)2-5-18(17)19(20)7-3-14(20)9-11-22/h4,6,9,18,23-25,27,29H,2-3,5,7-8,10-17H2,1H3;4,6,9,18,23-25,28H,2-3,5,7-8,10-17H2,1H3;6,8,11,18,23-25,28H,2-5,7,9-10,12-17H2,1H3;6,8,11,16,21-23,26H,4-5,7,9-10,12-15H2,1-3H3;4,6,9,12,17-19,21H,2-3,5,7-8,10-11H2,1H3/b2*20-9+;20-11+;18-11+;14-9+/i;;;;21T. The van der Waals surface area contributed by atoms with Gasteiger partial charge in [-0.1, -0.05) is 139 Å². The SMILES string of the molecule is CC12CCC3c4ccc(O)cc4CCC3C1CC/C2=C\COCCN1CCCC1.CC12CCC3c4ccc(O)cc4CCC3C1CC/C2=C\COCCN1CCNCC1.CC12CCC3c4ccc(O)cc4CCC3C1CC/C2=C\COCCN1CCOCC1.CN(C)CCSC/C=C1\CCC2C3CCc4cc(O)ccc4C3CCC12C.[3H][B]SOc1ccc2c(c1)CCC1C2CCC2(C)/C(=C/CBr)CCC12. The molecule has 0 spiro atoms. The van der Waals surface area contributed by atoms with Crippen molar-refractivity contribution >= 4 is 46.7 Å². The van der Waals surface area contributed by atoms with Gasteiger partial charge in [-0.3, -0.25) is 9.80 Å². The third-order valence-electron chi connectivity index (χ3n) is 40.9. The van der Waals surface area contributed by atoms with Gasteiger partial charge < -0.3 is 58.7 Å². The second-order valence-corrected chi connectivity index (χ2v) is 49.8. The average molecular weight is 2010 g/mol. The van der Waals surface area contributed by atoms with Crippen LogP contribution in [0.3, 0.4) is 0 Å². The van der Waals surface area contributed by atoms with Crippen LogP contribution >= 0.6 is 39.6 Å². The monoisotopic (exact) mass is 2010 g/mol. The second kappa shape index (κ2) is 46.6. The number of thioether (sulfide) groups is 1. The summed E-state index contributed by atoms with van der Waals surface area (Å²) in [6, 6.07) is 31.1. The maximum Gasteiger partial charge on any atom is 0.227 e. The molecule has 761 valence electrons. The van der Waals surface area contributed by atoms with Crippen molar-refractivity contribution in [2.24, 2.45) is 86.3 Å². The molecule has 5 aromatic rings. The largest absolute Gasteiger partial charge is 0.508 e. The van der Waals surface area contributed by atoms with Crippen LogP contribution in [-0.4, -0.2) is 211 Å². The van der Waals surface area contributed by atoms with E-state index in [1.165, 1.54) is 263 Å². The van der Waals surface area contributed by atoms with Gasteiger partial charge in [0.1, 0.15) is 28.7 Å². The van der Waals surface area contributed by atoms with Gasteiger partial charge in [0.05, 0.1) is 52.9 Å². The average Bonchev–Trinajstić information content (AvgIpc) is 1.65. The number of phenolic OH excluding ortho intramolecular Hbond substituents is 4. The summed E-state index contributed by atoms with van der Waals surface area (Å²) in [5, 5.41) is 43.9. The highest BCUT2D eigenvalue weighted by Crippen LogP contribution is 2.69. The number of phenols is 4. The van der Waals surface area contributed by atoms with E-state index < -0.39 is 0 Å². The summed E-state index contributed by atoms with van der Waals surface area (Å²) in [7, 11) is 5.54. The van der Waals surface area contributed by atoms with E-state index in [2.05, 4.69) is 174 Å². The molecule has 10 saturated carbocycles. The van der Waals surface area contributed by atoms with Crippen LogP contribution in [0.4, 0.5) is 0 Å². The maximum absolute atomic E-state index is 9.88. The Balaban J connectivity index is 0.000000112. The second-order valence-electron chi connectivity index (χ2n) is 47.6. The van der Waals surface area contributed by atoms with Crippen LogP contribution in [0.25, 0.3) is 0 Å². The van der Waals surface area contributed by atoms with Crippen LogP contribution in [0, 0.1) is 86.3 Å². The van der Waals surface area contributed by atoms with Crippen molar-refractivity contribution in [1.82, 2.24) is 24.9 Å². The van der Waals surface area contributed by atoms with E-state index in [0.29, 0.717) is 67.8 Å². The number of hydrogen-bond acceptors (Lipinski definition) is 16. The first-order valence-electron chi connectivity index (χ1n) is 56.6. The van der Waals surface area contributed by atoms with Gasteiger partial charge in [0.15, 0.2) is 0 Å². The molecule has 13 fully saturated rings. The summed E-state index contributed by atoms with van der Waals surface area (Å²) in [5.74, 6) is 16.8. The van der Waals surface area contributed by atoms with Gasteiger partial charge in [0.2, 0.25) is 7.09 Å². The van der Waals surface area contributed by atoms with Crippen molar-refractivity contribution < 1.29 is 43.6 Å².